The van der Waals surface area contributed by atoms with Crippen molar-refractivity contribution in [3.05, 3.63) is 0 Å². The van der Waals surface area contributed by atoms with Crippen LogP contribution in [0.2, 0.25) is 0 Å². The zero-order valence-corrected chi connectivity index (χ0v) is 9.96. The van der Waals surface area contributed by atoms with Crippen LogP contribution < -0.4 is 10.6 Å². The van der Waals surface area contributed by atoms with Crippen LogP contribution >= 0.6 is 22.6 Å². The van der Waals surface area contributed by atoms with E-state index in [1.54, 1.807) is 0 Å². The minimum Gasteiger partial charge on any atom is -0.317 e. The summed E-state index contributed by atoms with van der Waals surface area (Å²) in [6.07, 6.45) is 2.37. The molecule has 5 heteroatoms. The summed E-state index contributed by atoms with van der Waals surface area (Å²) in [4.78, 5) is 22.9. The highest BCUT2D eigenvalue weighted by atomic mass is 127. The quantitative estimate of drug-likeness (QED) is 0.382. The zero-order chi connectivity index (χ0) is 10.2. The maximum atomic E-state index is 11.5. The van der Waals surface area contributed by atoms with Gasteiger partial charge in [0.15, 0.2) is 0 Å². The SMILES string of the molecule is O=C1CC2(CCNCC2)C(I)C(=O)N1. The molecule has 2 rings (SSSR count). The van der Waals surface area contributed by atoms with E-state index in [0.717, 1.165) is 25.9 Å². The summed E-state index contributed by atoms with van der Waals surface area (Å²) < 4.78 is -0.0556. The van der Waals surface area contributed by atoms with Gasteiger partial charge in [-0.05, 0) is 25.9 Å². The average molecular weight is 308 g/mol. The molecule has 0 bridgehead atoms. The van der Waals surface area contributed by atoms with Crippen molar-refractivity contribution in [1.82, 2.24) is 10.6 Å². The van der Waals surface area contributed by atoms with Gasteiger partial charge in [0.2, 0.25) is 11.8 Å². The molecule has 2 fully saturated rings. The highest BCUT2D eigenvalue weighted by molar-refractivity contribution is 14.1. The minimum atomic E-state index is -0.108. The van der Waals surface area contributed by atoms with E-state index in [-0.39, 0.29) is 21.2 Å². The third-order valence-electron chi connectivity index (χ3n) is 3.14. The Bertz CT molecular complexity index is 274. The van der Waals surface area contributed by atoms with Gasteiger partial charge in [-0.25, -0.2) is 0 Å². The van der Waals surface area contributed by atoms with Crippen molar-refractivity contribution in [2.75, 3.05) is 13.1 Å². The predicted molar refractivity (Wildman–Crippen MR) is 60.1 cm³/mol. The van der Waals surface area contributed by atoms with E-state index < -0.39 is 0 Å². The number of piperidine rings is 2. The molecular weight excluding hydrogens is 295 g/mol. The number of rotatable bonds is 0. The van der Waals surface area contributed by atoms with Crippen molar-refractivity contribution < 1.29 is 9.59 Å². The third kappa shape index (κ3) is 1.67. The largest absolute Gasteiger partial charge is 0.317 e. The van der Waals surface area contributed by atoms with Crippen LogP contribution in [0.4, 0.5) is 0 Å². The van der Waals surface area contributed by atoms with Gasteiger partial charge in [0.1, 0.15) is 0 Å². The van der Waals surface area contributed by atoms with Gasteiger partial charge in [0.25, 0.3) is 0 Å². The number of nitrogens with one attached hydrogen (secondary N) is 2. The average Bonchev–Trinajstić information content (AvgIpc) is 2.15. The molecule has 0 aromatic rings. The number of halogens is 1. The van der Waals surface area contributed by atoms with Crippen molar-refractivity contribution in [1.29, 1.82) is 0 Å². The standard InChI is InChI=1S/C9H13IN2O2/c10-7-8(14)12-6(13)5-9(7)1-3-11-4-2-9/h7,11H,1-5H2,(H,12,13,14). The second-order valence-electron chi connectivity index (χ2n) is 4.06. The highest BCUT2D eigenvalue weighted by Gasteiger charge is 2.47. The van der Waals surface area contributed by atoms with Crippen molar-refractivity contribution in [2.24, 2.45) is 5.41 Å². The van der Waals surface area contributed by atoms with Crippen molar-refractivity contribution in [3.8, 4) is 0 Å². The van der Waals surface area contributed by atoms with Crippen LogP contribution in [0.3, 0.4) is 0 Å². The molecule has 0 aromatic carbocycles. The van der Waals surface area contributed by atoms with Crippen LogP contribution in [0.1, 0.15) is 19.3 Å². The summed E-state index contributed by atoms with van der Waals surface area (Å²) in [7, 11) is 0. The molecule has 2 N–H and O–H groups in total. The fraction of sp³-hybridized carbons (Fsp3) is 0.778. The van der Waals surface area contributed by atoms with Crippen LogP contribution in [0.15, 0.2) is 0 Å². The first-order chi connectivity index (χ1) is 6.64. The van der Waals surface area contributed by atoms with Crippen molar-refractivity contribution in [3.63, 3.8) is 0 Å². The van der Waals surface area contributed by atoms with E-state index >= 15 is 0 Å². The van der Waals surface area contributed by atoms with Crippen LogP contribution in [0.25, 0.3) is 0 Å². The number of imide groups is 1. The topological polar surface area (TPSA) is 58.2 Å². The molecule has 0 aromatic heterocycles. The highest BCUT2D eigenvalue weighted by Crippen LogP contribution is 2.42. The first kappa shape index (κ1) is 10.4. The summed E-state index contributed by atoms with van der Waals surface area (Å²) in [5.74, 6) is -0.214. The Balaban J connectivity index is 2.21. The predicted octanol–water partition coefficient (Wildman–Crippen LogP) is 0.206. The molecule has 2 amide bonds. The summed E-state index contributed by atoms with van der Waals surface area (Å²) in [6, 6.07) is 0. The summed E-state index contributed by atoms with van der Waals surface area (Å²) in [5.41, 5.74) is -0.0781. The molecule has 0 aliphatic carbocycles. The van der Waals surface area contributed by atoms with Gasteiger partial charge < -0.3 is 5.32 Å². The number of carbonyl (C=O) groups is 2. The second-order valence-corrected chi connectivity index (χ2v) is 5.31. The van der Waals surface area contributed by atoms with Crippen LogP contribution in [-0.4, -0.2) is 28.8 Å². The lowest BCUT2D eigenvalue weighted by atomic mass is 9.71. The maximum absolute atomic E-state index is 11.5. The van der Waals surface area contributed by atoms with Crippen LogP contribution in [0.5, 0.6) is 0 Å². The molecule has 1 atom stereocenters. The van der Waals surface area contributed by atoms with E-state index in [2.05, 4.69) is 33.2 Å². The Labute approximate surface area is 96.3 Å². The van der Waals surface area contributed by atoms with E-state index in [0.29, 0.717) is 6.42 Å². The van der Waals surface area contributed by atoms with Crippen molar-refractivity contribution >= 4 is 34.4 Å². The third-order valence-corrected chi connectivity index (χ3v) is 5.03. The molecule has 1 unspecified atom stereocenters. The molecule has 2 saturated heterocycles. The molecule has 2 aliphatic rings. The lowest BCUT2D eigenvalue weighted by Crippen LogP contribution is -2.56. The van der Waals surface area contributed by atoms with Crippen molar-refractivity contribution in [2.45, 2.75) is 23.2 Å². The van der Waals surface area contributed by atoms with Crippen LogP contribution in [-0.2, 0) is 9.59 Å². The van der Waals surface area contributed by atoms with Gasteiger partial charge in [-0.15, -0.1) is 0 Å². The number of alkyl halides is 1. The van der Waals surface area contributed by atoms with Gasteiger partial charge in [0, 0.05) is 11.8 Å². The summed E-state index contributed by atoms with van der Waals surface area (Å²) in [6.45, 7) is 1.83. The Kier molecular flexibility index (Phi) is 2.79. The number of hydrogen-bond donors (Lipinski definition) is 2. The molecule has 1 spiro atoms. The number of hydrogen-bond acceptors (Lipinski definition) is 3. The lowest BCUT2D eigenvalue weighted by Gasteiger charge is -2.42. The van der Waals surface area contributed by atoms with Gasteiger partial charge in [-0.1, -0.05) is 22.6 Å². The number of amides is 2. The fourth-order valence-corrected chi connectivity index (χ4v) is 3.29. The Morgan fingerprint density at radius 2 is 1.93 bits per heavy atom. The smallest absolute Gasteiger partial charge is 0.240 e. The minimum absolute atomic E-state index is 0.0556. The second kappa shape index (κ2) is 3.77. The van der Waals surface area contributed by atoms with E-state index in [1.165, 1.54) is 0 Å². The Morgan fingerprint density at radius 1 is 1.29 bits per heavy atom. The lowest BCUT2D eigenvalue weighted by molar-refractivity contribution is -0.137. The molecule has 2 aliphatic heterocycles. The molecule has 0 radical (unpaired) electrons. The Hall–Kier alpha value is -0.170. The zero-order valence-electron chi connectivity index (χ0n) is 7.81. The summed E-state index contributed by atoms with van der Waals surface area (Å²) >= 11 is 2.17. The Morgan fingerprint density at radius 3 is 2.57 bits per heavy atom. The first-order valence-electron chi connectivity index (χ1n) is 4.83. The number of carbonyl (C=O) groups excluding carboxylic acids is 2. The summed E-state index contributed by atoms with van der Waals surface area (Å²) in [5, 5.41) is 5.66. The molecular formula is C9H13IN2O2. The molecule has 2 heterocycles. The van der Waals surface area contributed by atoms with Gasteiger partial charge in [-0.3, -0.25) is 14.9 Å². The van der Waals surface area contributed by atoms with E-state index in [1.807, 2.05) is 0 Å². The van der Waals surface area contributed by atoms with E-state index in [4.69, 9.17) is 0 Å². The van der Waals surface area contributed by atoms with Gasteiger partial charge in [0.05, 0.1) is 3.92 Å². The van der Waals surface area contributed by atoms with E-state index in [9.17, 15) is 9.59 Å². The van der Waals surface area contributed by atoms with Crippen LogP contribution in [0, 0.1) is 5.41 Å². The van der Waals surface area contributed by atoms with Gasteiger partial charge in [-0.2, -0.15) is 0 Å². The van der Waals surface area contributed by atoms with Gasteiger partial charge >= 0.3 is 0 Å². The monoisotopic (exact) mass is 308 g/mol. The fourth-order valence-electron chi connectivity index (χ4n) is 2.29. The molecule has 14 heavy (non-hydrogen) atoms. The molecule has 78 valence electrons. The maximum Gasteiger partial charge on any atom is 0.240 e. The molecule has 0 saturated carbocycles. The normalized spacial score (nSPS) is 31.6. The molecule has 4 nitrogen and oxygen atoms in total. The first-order valence-corrected chi connectivity index (χ1v) is 6.07.